The van der Waals surface area contributed by atoms with Gasteiger partial charge in [0, 0.05) is 35.7 Å². The monoisotopic (exact) mass is 354 g/mol. The SMILES string of the molecule is O=[N+]([O-])c1ccc(-n2nc(Cc3ccccc3Cl)c3c2NCC3)cc1. The lowest BCUT2D eigenvalue weighted by atomic mass is 10.1. The van der Waals surface area contributed by atoms with Gasteiger partial charge in [-0.05, 0) is 30.2 Å². The van der Waals surface area contributed by atoms with E-state index in [4.69, 9.17) is 16.7 Å². The second-order valence-electron chi connectivity index (χ2n) is 5.90. The van der Waals surface area contributed by atoms with Crippen molar-refractivity contribution in [3.63, 3.8) is 0 Å². The molecule has 1 N–H and O–H groups in total. The molecule has 0 radical (unpaired) electrons. The largest absolute Gasteiger partial charge is 0.369 e. The molecule has 6 nitrogen and oxygen atoms in total. The van der Waals surface area contributed by atoms with Crippen molar-refractivity contribution in [2.24, 2.45) is 0 Å². The number of nitrogens with zero attached hydrogens (tertiary/aromatic N) is 3. The number of aromatic nitrogens is 2. The van der Waals surface area contributed by atoms with Crippen LogP contribution in [0.15, 0.2) is 48.5 Å². The highest BCUT2D eigenvalue weighted by atomic mass is 35.5. The maximum Gasteiger partial charge on any atom is 0.269 e. The molecule has 0 bridgehead atoms. The Bertz CT molecular complexity index is 950. The Labute approximate surface area is 149 Å². The molecule has 3 aromatic rings. The van der Waals surface area contributed by atoms with E-state index in [9.17, 15) is 10.1 Å². The zero-order valence-electron chi connectivity index (χ0n) is 13.3. The van der Waals surface area contributed by atoms with E-state index in [-0.39, 0.29) is 5.69 Å². The van der Waals surface area contributed by atoms with Crippen LogP contribution in [0.25, 0.3) is 5.69 Å². The third-order valence-electron chi connectivity index (χ3n) is 4.35. The van der Waals surface area contributed by atoms with Crippen LogP contribution < -0.4 is 5.32 Å². The van der Waals surface area contributed by atoms with Crippen LogP contribution in [-0.2, 0) is 12.8 Å². The van der Waals surface area contributed by atoms with Crippen LogP contribution in [0.5, 0.6) is 0 Å². The van der Waals surface area contributed by atoms with Crippen LogP contribution in [0, 0.1) is 10.1 Å². The molecule has 0 unspecified atom stereocenters. The number of nitro benzene ring substituents is 1. The predicted molar refractivity (Wildman–Crippen MR) is 96.7 cm³/mol. The standard InChI is InChI=1S/C18H15ClN4O2/c19-16-4-2-1-3-12(16)11-17-15-9-10-20-18(15)22(21-17)13-5-7-14(8-6-13)23(24)25/h1-8,20H,9-11H2. The lowest BCUT2D eigenvalue weighted by molar-refractivity contribution is -0.384. The second kappa shape index (κ2) is 6.22. The van der Waals surface area contributed by atoms with Gasteiger partial charge in [0.2, 0.25) is 0 Å². The Morgan fingerprint density at radius 2 is 1.96 bits per heavy atom. The van der Waals surface area contributed by atoms with E-state index in [2.05, 4.69) is 5.32 Å². The average molecular weight is 355 g/mol. The van der Waals surface area contributed by atoms with Gasteiger partial charge in [0.15, 0.2) is 0 Å². The fourth-order valence-electron chi connectivity index (χ4n) is 3.11. The van der Waals surface area contributed by atoms with Crippen molar-refractivity contribution in [3.05, 3.63) is 80.5 Å². The summed E-state index contributed by atoms with van der Waals surface area (Å²) < 4.78 is 1.82. The predicted octanol–water partition coefficient (Wildman–Crippen LogP) is 3.99. The van der Waals surface area contributed by atoms with Crippen molar-refractivity contribution >= 4 is 23.1 Å². The summed E-state index contributed by atoms with van der Waals surface area (Å²) in [5.74, 6) is 0.955. The van der Waals surface area contributed by atoms with Crippen molar-refractivity contribution in [2.75, 3.05) is 11.9 Å². The molecule has 2 aromatic carbocycles. The molecule has 1 aliphatic heterocycles. The summed E-state index contributed by atoms with van der Waals surface area (Å²) in [5.41, 5.74) is 4.05. The summed E-state index contributed by atoms with van der Waals surface area (Å²) in [6.45, 7) is 0.857. The highest BCUT2D eigenvalue weighted by molar-refractivity contribution is 6.31. The molecule has 0 saturated heterocycles. The van der Waals surface area contributed by atoms with Crippen molar-refractivity contribution < 1.29 is 4.92 Å². The maximum absolute atomic E-state index is 10.8. The minimum atomic E-state index is -0.404. The molecular formula is C18H15ClN4O2. The van der Waals surface area contributed by atoms with Gasteiger partial charge in [0.25, 0.3) is 5.69 Å². The minimum Gasteiger partial charge on any atom is -0.369 e. The fraction of sp³-hybridized carbons (Fsp3) is 0.167. The molecule has 7 heteroatoms. The summed E-state index contributed by atoms with van der Waals surface area (Å²) in [4.78, 5) is 10.4. The number of benzene rings is 2. The lowest BCUT2D eigenvalue weighted by Gasteiger charge is -2.06. The number of rotatable bonds is 4. The number of nitro groups is 1. The number of non-ortho nitro benzene ring substituents is 1. The van der Waals surface area contributed by atoms with Crippen molar-refractivity contribution in [3.8, 4) is 5.69 Å². The number of nitrogens with one attached hydrogen (secondary N) is 1. The Morgan fingerprint density at radius 3 is 2.68 bits per heavy atom. The molecule has 1 aliphatic rings. The molecule has 0 spiro atoms. The quantitative estimate of drug-likeness (QED) is 0.568. The van der Waals surface area contributed by atoms with Gasteiger partial charge in [-0.2, -0.15) is 5.10 Å². The van der Waals surface area contributed by atoms with Crippen LogP contribution >= 0.6 is 11.6 Å². The van der Waals surface area contributed by atoms with Gasteiger partial charge in [-0.25, -0.2) is 4.68 Å². The first kappa shape index (κ1) is 15.7. The Hall–Kier alpha value is -2.86. The molecule has 4 rings (SSSR count). The minimum absolute atomic E-state index is 0.0665. The highest BCUT2D eigenvalue weighted by Gasteiger charge is 2.23. The van der Waals surface area contributed by atoms with E-state index in [0.29, 0.717) is 6.42 Å². The smallest absolute Gasteiger partial charge is 0.269 e. The van der Waals surface area contributed by atoms with Gasteiger partial charge < -0.3 is 5.32 Å². The van der Waals surface area contributed by atoms with Gasteiger partial charge in [-0.3, -0.25) is 10.1 Å². The molecule has 1 aromatic heterocycles. The van der Waals surface area contributed by atoms with E-state index in [1.54, 1.807) is 12.1 Å². The molecule has 0 fully saturated rings. The first-order chi connectivity index (χ1) is 12.1. The number of halogens is 1. The third-order valence-corrected chi connectivity index (χ3v) is 4.72. The molecule has 126 valence electrons. The molecule has 2 heterocycles. The van der Waals surface area contributed by atoms with Crippen LogP contribution in [0.3, 0.4) is 0 Å². The van der Waals surface area contributed by atoms with Gasteiger partial charge in [0.1, 0.15) is 5.82 Å². The normalized spacial score (nSPS) is 12.7. The van der Waals surface area contributed by atoms with Crippen molar-refractivity contribution in [2.45, 2.75) is 12.8 Å². The average Bonchev–Trinajstić information content (AvgIpc) is 3.21. The molecule has 25 heavy (non-hydrogen) atoms. The lowest BCUT2D eigenvalue weighted by Crippen LogP contribution is -2.05. The first-order valence-corrected chi connectivity index (χ1v) is 8.34. The van der Waals surface area contributed by atoms with Gasteiger partial charge in [-0.1, -0.05) is 29.8 Å². The number of anilines is 1. The zero-order chi connectivity index (χ0) is 17.4. The van der Waals surface area contributed by atoms with Gasteiger partial charge >= 0.3 is 0 Å². The van der Waals surface area contributed by atoms with Gasteiger partial charge in [0.05, 0.1) is 16.3 Å². The van der Waals surface area contributed by atoms with E-state index in [1.807, 2.05) is 28.9 Å². The number of hydrogen-bond donors (Lipinski definition) is 1. The number of hydrogen-bond acceptors (Lipinski definition) is 4. The fourth-order valence-corrected chi connectivity index (χ4v) is 3.31. The Kier molecular flexibility index (Phi) is 3.89. The van der Waals surface area contributed by atoms with Crippen LogP contribution in [0.1, 0.15) is 16.8 Å². The Morgan fingerprint density at radius 1 is 1.20 bits per heavy atom. The highest BCUT2D eigenvalue weighted by Crippen LogP contribution is 2.31. The molecular weight excluding hydrogens is 340 g/mol. The van der Waals surface area contributed by atoms with Gasteiger partial charge in [-0.15, -0.1) is 0 Å². The second-order valence-corrected chi connectivity index (χ2v) is 6.31. The maximum atomic E-state index is 10.8. The van der Waals surface area contributed by atoms with Crippen LogP contribution in [0.2, 0.25) is 5.02 Å². The van der Waals surface area contributed by atoms with E-state index in [0.717, 1.165) is 40.8 Å². The third kappa shape index (κ3) is 2.85. The number of fused-ring (bicyclic) bond motifs is 1. The van der Waals surface area contributed by atoms with E-state index >= 15 is 0 Å². The summed E-state index contributed by atoms with van der Waals surface area (Å²) in [6, 6.07) is 14.2. The van der Waals surface area contributed by atoms with Crippen LogP contribution in [0.4, 0.5) is 11.5 Å². The molecule has 0 saturated carbocycles. The molecule has 0 amide bonds. The molecule has 0 aliphatic carbocycles. The summed E-state index contributed by atoms with van der Waals surface area (Å²) in [7, 11) is 0. The summed E-state index contributed by atoms with van der Waals surface area (Å²) in [6.07, 6.45) is 1.56. The van der Waals surface area contributed by atoms with E-state index < -0.39 is 4.92 Å². The van der Waals surface area contributed by atoms with Crippen molar-refractivity contribution in [1.29, 1.82) is 0 Å². The van der Waals surface area contributed by atoms with Crippen molar-refractivity contribution in [1.82, 2.24) is 9.78 Å². The summed E-state index contributed by atoms with van der Waals surface area (Å²) in [5, 5.41) is 19.7. The van der Waals surface area contributed by atoms with Crippen LogP contribution in [-0.4, -0.2) is 21.2 Å². The topological polar surface area (TPSA) is 73.0 Å². The molecule has 0 atom stereocenters. The van der Waals surface area contributed by atoms with E-state index in [1.165, 1.54) is 17.7 Å². The summed E-state index contributed by atoms with van der Waals surface area (Å²) >= 11 is 6.28. The Balaban J connectivity index is 1.73. The zero-order valence-corrected chi connectivity index (χ0v) is 14.0. The first-order valence-electron chi connectivity index (χ1n) is 7.96.